The van der Waals surface area contributed by atoms with E-state index in [2.05, 4.69) is 6.58 Å². The number of aryl methyl sites for hydroxylation is 1. The highest BCUT2D eigenvalue weighted by Crippen LogP contribution is 2.37. The van der Waals surface area contributed by atoms with Crippen molar-refractivity contribution in [3.8, 4) is 5.75 Å². The summed E-state index contributed by atoms with van der Waals surface area (Å²) in [7, 11) is 0. The number of ether oxygens (including phenoxy) is 1. The van der Waals surface area contributed by atoms with E-state index in [1.54, 1.807) is 25.1 Å². The Hall–Kier alpha value is -2.90. The maximum absolute atomic E-state index is 12.9. The van der Waals surface area contributed by atoms with E-state index in [0.717, 1.165) is 11.1 Å². The number of amides is 1. The molecule has 0 spiro atoms. The fourth-order valence-corrected chi connectivity index (χ4v) is 3.90. The van der Waals surface area contributed by atoms with Gasteiger partial charge in [0.15, 0.2) is 4.32 Å². The lowest BCUT2D eigenvalue weighted by Crippen LogP contribution is -2.29. The number of hydrogen-bond donors (Lipinski definition) is 0. The van der Waals surface area contributed by atoms with Gasteiger partial charge < -0.3 is 14.6 Å². The first kappa shape index (κ1) is 19.9. The molecule has 1 fully saturated rings. The Bertz CT molecular complexity index is 996. The van der Waals surface area contributed by atoms with Gasteiger partial charge in [-0.2, -0.15) is 0 Å². The number of rotatable bonds is 6. The summed E-state index contributed by atoms with van der Waals surface area (Å²) in [6.45, 7) is 5.81. The fraction of sp³-hybridized carbons (Fsp3) is 0.0952. The summed E-state index contributed by atoms with van der Waals surface area (Å²) < 4.78 is 5.79. The van der Waals surface area contributed by atoms with Crippen molar-refractivity contribution >= 4 is 51.9 Å². The number of carbonyl (C=O) groups excluding carboxylic acids is 2. The lowest BCUT2D eigenvalue weighted by atomic mass is 10.1. The van der Waals surface area contributed by atoms with E-state index in [-0.39, 0.29) is 11.5 Å². The molecule has 5 nitrogen and oxygen atoms in total. The predicted octanol–water partition coefficient (Wildman–Crippen LogP) is 3.33. The molecule has 7 heteroatoms. The Morgan fingerprint density at radius 2 is 2.00 bits per heavy atom. The van der Waals surface area contributed by atoms with Gasteiger partial charge >= 0.3 is 0 Å². The fourth-order valence-electron chi connectivity index (χ4n) is 2.62. The molecule has 0 unspecified atom stereocenters. The van der Waals surface area contributed by atoms with E-state index in [9.17, 15) is 14.7 Å². The van der Waals surface area contributed by atoms with Gasteiger partial charge in [0.2, 0.25) is 0 Å². The number of carboxylic acid groups (broad SMARTS) is 1. The van der Waals surface area contributed by atoms with Crippen molar-refractivity contribution < 1.29 is 19.4 Å². The molecule has 3 rings (SSSR count). The zero-order valence-electron chi connectivity index (χ0n) is 15.0. The summed E-state index contributed by atoms with van der Waals surface area (Å²) in [4.78, 5) is 25.9. The smallest absolute Gasteiger partial charge is 0.270 e. The number of thioether (sulfide) groups is 1. The third-order valence-electron chi connectivity index (χ3n) is 4.03. The third kappa shape index (κ3) is 4.16. The van der Waals surface area contributed by atoms with Gasteiger partial charge in [0.1, 0.15) is 12.4 Å². The molecule has 1 aliphatic rings. The van der Waals surface area contributed by atoms with Crippen LogP contribution in [0.3, 0.4) is 0 Å². The standard InChI is InChI=1S/C21H17NO4S2/c1-3-10-26-16-8-5-14(6-9-16)11-18-19(23)22(21(27)28-18)17-12-15(20(24)25)7-4-13(17)2/h3-9,11-12H,1,10H2,2H3,(H,24,25)/p-1/b18-11-. The van der Waals surface area contributed by atoms with Crippen molar-refractivity contribution in [2.24, 2.45) is 0 Å². The van der Waals surface area contributed by atoms with E-state index in [0.29, 0.717) is 27.3 Å². The van der Waals surface area contributed by atoms with Crippen molar-refractivity contribution in [3.63, 3.8) is 0 Å². The minimum Gasteiger partial charge on any atom is -0.545 e. The molecule has 0 atom stereocenters. The van der Waals surface area contributed by atoms with Crippen LogP contribution in [-0.4, -0.2) is 22.8 Å². The van der Waals surface area contributed by atoms with Gasteiger partial charge in [0.05, 0.1) is 16.6 Å². The van der Waals surface area contributed by atoms with Crippen LogP contribution in [0.1, 0.15) is 21.5 Å². The molecule has 0 radical (unpaired) electrons. The molecule has 0 bridgehead atoms. The molecular weight excluding hydrogens is 394 g/mol. The number of anilines is 1. The summed E-state index contributed by atoms with van der Waals surface area (Å²) >= 11 is 6.54. The molecule has 1 saturated heterocycles. The molecular formula is C21H16NO4S2-. The van der Waals surface area contributed by atoms with Crippen molar-refractivity contribution in [1.82, 2.24) is 0 Å². The number of nitrogens with zero attached hydrogens (tertiary/aromatic N) is 1. The number of benzene rings is 2. The predicted molar refractivity (Wildman–Crippen MR) is 113 cm³/mol. The van der Waals surface area contributed by atoms with Gasteiger partial charge in [0, 0.05) is 0 Å². The first-order chi connectivity index (χ1) is 13.4. The number of thiocarbonyl (C=S) groups is 1. The maximum Gasteiger partial charge on any atom is 0.270 e. The SMILES string of the molecule is C=CCOc1ccc(/C=C2\SC(=S)N(c3cc(C(=O)[O-])ccc3C)C2=O)cc1. The normalized spacial score (nSPS) is 15.2. The number of hydrogen-bond acceptors (Lipinski definition) is 6. The van der Waals surface area contributed by atoms with Crippen LogP contribution >= 0.6 is 24.0 Å². The quantitative estimate of drug-likeness (QED) is 0.413. The number of carboxylic acids is 1. The van der Waals surface area contributed by atoms with Gasteiger partial charge in [-0.15, -0.1) is 0 Å². The van der Waals surface area contributed by atoms with Gasteiger partial charge in [-0.3, -0.25) is 9.69 Å². The van der Waals surface area contributed by atoms with E-state index in [4.69, 9.17) is 17.0 Å². The molecule has 2 aromatic carbocycles. The highest BCUT2D eigenvalue weighted by molar-refractivity contribution is 8.27. The molecule has 0 aliphatic carbocycles. The van der Waals surface area contributed by atoms with E-state index in [1.165, 1.54) is 28.8 Å². The lowest BCUT2D eigenvalue weighted by molar-refractivity contribution is -0.255. The Balaban J connectivity index is 1.87. The average molecular weight is 410 g/mol. The van der Waals surface area contributed by atoms with E-state index < -0.39 is 5.97 Å². The molecule has 0 aromatic heterocycles. The molecule has 28 heavy (non-hydrogen) atoms. The van der Waals surface area contributed by atoms with Gasteiger partial charge in [-0.25, -0.2) is 0 Å². The van der Waals surface area contributed by atoms with Gasteiger partial charge in [-0.1, -0.05) is 60.9 Å². The highest BCUT2D eigenvalue weighted by Gasteiger charge is 2.34. The van der Waals surface area contributed by atoms with Gasteiger partial charge in [0.25, 0.3) is 5.91 Å². The topological polar surface area (TPSA) is 69.7 Å². The van der Waals surface area contributed by atoms with E-state index in [1.807, 2.05) is 24.3 Å². The van der Waals surface area contributed by atoms with Gasteiger partial charge in [-0.05, 0) is 47.9 Å². The minimum atomic E-state index is -1.30. The first-order valence-electron chi connectivity index (χ1n) is 8.34. The minimum absolute atomic E-state index is 0.00579. The largest absolute Gasteiger partial charge is 0.545 e. The molecule has 142 valence electrons. The Morgan fingerprint density at radius 1 is 1.29 bits per heavy atom. The zero-order chi connectivity index (χ0) is 20.3. The van der Waals surface area contributed by atoms with Crippen molar-refractivity contribution in [1.29, 1.82) is 0 Å². The van der Waals surface area contributed by atoms with Crippen LogP contribution in [0.2, 0.25) is 0 Å². The Morgan fingerprint density at radius 3 is 2.64 bits per heavy atom. The number of aromatic carboxylic acids is 1. The van der Waals surface area contributed by atoms with Crippen molar-refractivity contribution in [2.75, 3.05) is 11.5 Å². The molecule has 0 saturated carbocycles. The molecule has 1 amide bonds. The van der Waals surface area contributed by atoms with Crippen molar-refractivity contribution in [3.05, 3.63) is 76.7 Å². The van der Waals surface area contributed by atoms with Crippen LogP contribution in [0.15, 0.2) is 60.0 Å². The summed E-state index contributed by atoms with van der Waals surface area (Å²) in [5, 5.41) is 11.2. The monoisotopic (exact) mass is 410 g/mol. The van der Waals surface area contributed by atoms with Crippen molar-refractivity contribution in [2.45, 2.75) is 6.92 Å². The second-order valence-electron chi connectivity index (χ2n) is 5.97. The van der Waals surface area contributed by atoms with Crippen LogP contribution in [0.4, 0.5) is 5.69 Å². The van der Waals surface area contributed by atoms with Crippen LogP contribution in [-0.2, 0) is 4.79 Å². The summed E-state index contributed by atoms with van der Waals surface area (Å²) in [6, 6.07) is 11.8. The zero-order valence-corrected chi connectivity index (χ0v) is 16.6. The third-order valence-corrected chi connectivity index (χ3v) is 5.33. The molecule has 2 aromatic rings. The number of carbonyl (C=O) groups is 2. The van der Waals surface area contributed by atoms with Crippen LogP contribution in [0.25, 0.3) is 6.08 Å². The lowest BCUT2D eigenvalue weighted by Gasteiger charge is -2.18. The summed E-state index contributed by atoms with van der Waals surface area (Å²) in [5.41, 5.74) is 2.01. The summed E-state index contributed by atoms with van der Waals surface area (Å²) in [6.07, 6.45) is 3.41. The molecule has 1 heterocycles. The first-order valence-corrected chi connectivity index (χ1v) is 9.57. The Kier molecular flexibility index (Phi) is 5.96. The van der Waals surface area contributed by atoms with Crippen LogP contribution in [0.5, 0.6) is 5.75 Å². The average Bonchev–Trinajstić information content (AvgIpc) is 2.95. The summed E-state index contributed by atoms with van der Waals surface area (Å²) in [5.74, 6) is -0.888. The Labute approximate surface area is 172 Å². The maximum atomic E-state index is 12.9. The van der Waals surface area contributed by atoms with Crippen LogP contribution in [0, 0.1) is 6.92 Å². The second kappa shape index (κ2) is 8.41. The highest BCUT2D eigenvalue weighted by atomic mass is 32.2. The van der Waals surface area contributed by atoms with E-state index >= 15 is 0 Å². The van der Waals surface area contributed by atoms with Crippen LogP contribution < -0.4 is 14.7 Å². The molecule has 1 aliphatic heterocycles. The second-order valence-corrected chi connectivity index (χ2v) is 7.65. The molecule has 0 N–H and O–H groups in total.